The Balaban J connectivity index is 1.23. The summed E-state index contributed by atoms with van der Waals surface area (Å²) in [7, 11) is 0. The van der Waals surface area contributed by atoms with E-state index in [1.54, 1.807) is 12.1 Å². The number of aromatic hydroxyl groups is 1. The van der Waals surface area contributed by atoms with Crippen molar-refractivity contribution >= 4 is 17.4 Å². The van der Waals surface area contributed by atoms with E-state index in [-0.39, 0.29) is 17.7 Å². The first-order chi connectivity index (χ1) is 14.2. The van der Waals surface area contributed by atoms with E-state index in [0.29, 0.717) is 29.0 Å². The van der Waals surface area contributed by atoms with Gasteiger partial charge in [-0.15, -0.1) is 10.2 Å². The maximum Gasteiger partial charge on any atom is 0.226 e. The Morgan fingerprint density at radius 3 is 2.76 bits per heavy atom. The van der Waals surface area contributed by atoms with Gasteiger partial charge in [0.1, 0.15) is 5.75 Å². The molecule has 6 rings (SSSR count). The van der Waals surface area contributed by atoms with Gasteiger partial charge in [-0.1, -0.05) is 12.1 Å². The number of fused-ring (bicyclic) bond motifs is 4. The summed E-state index contributed by atoms with van der Waals surface area (Å²) < 4.78 is 0. The first-order valence-electron chi connectivity index (χ1n) is 10.4. The lowest BCUT2D eigenvalue weighted by Crippen LogP contribution is -2.59. The van der Waals surface area contributed by atoms with Crippen LogP contribution in [0.25, 0.3) is 11.3 Å². The number of aromatic nitrogens is 2. The molecule has 3 aliphatic heterocycles. The van der Waals surface area contributed by atoms with Crippen molar-refractivity contribution in [3.8, 4) is 17.0 Å². The third-order valence-electron chi connectivity index (χ3n) is 6.94. The molecule has 1 aromatic heterocycles. The van der Waals surface area contributed by atoms with Gasteiger partial charge in [-0.3, -0.25) is 4.79 Å². The van der Waals surface area contributed by atoms with Gasteiger partial charge in [-0.2, -0.15) is 0 Å². The Hall–Kier alpha value is -2.87. The standard InChI is InChI=1S/C21H24N6O2/c28-18-4-2-1-3-13(18)16-7-17-20(25-24-16)23-8-12-11-26(5-6-27(12)17)21(29)19-14-9-22-10-15(14)19/h1-4,7,12,14-15,19,22,28H,5-6,8-11H2,(H,23,25)/t12-,14-,15+,19+/m0/s1. The second-order valence-electron chi connectivity index (χ2n) is 8.50. The van der Waals surface area contributed by atoms with E-state index in [1.165, 1.54) is 0 Å². The van der Waals surface area contributed by atoms with E-state index in [2.05, 4.69) is 30.6 Å². The van der Waals surface area contributed by atoms with Crippen LogP contribution in [0.1, 0.15) is 0 Å². The molecule has 0 radical (unpaired) electrons. The molecule has 1 aliphatic carbocycles. The van der Waals surface area contributed by atoms with Crippen molar-refractivity contribution in [1.29, 1.82) is 0 Å². The summed E-state index contributed by atoms with van der Waals surface area (Å²) >= 11 is 0. The number of nitrogens with one attached hydrogen (secondary N) is 2. The zero-order chi connectivity index (χ0) is 19.5. The molecular weight excluding hydrogens is 368 g/mol. The monoisotopic (exact) mass is 392 g/mol. The van der Waals surface area contributed by atoms with Crippen molar-refractivity contribution in [3.05, 3.63) is 30.3 Å². The molecule has 1 amide bonds. The minimum Gasteiger partial charge on any atom is -0.507 e. The van der Waals surface area contributed by atoms with Gasteiger partial charge < -0.3 is 25.5 Å². The Bertz CT molecular complexity index is 971. The molecule has 4 aliphatic rings. The molecule has 3 N–H and O–H groups in total. The number of hydrogen-bond acceptors (Lipinski definition) is 7. The van der Waals surface area contributed by atoms with Gasteiger partial charge in [0.05, 0.1) is 17.4 Å². The molecule has 2 aromatic rings. The number of piperazine rings is 1. The van der Waals surface area contributed by atoms with Crippen molar-refractivity contribution in [2.75, 3.05) is 49.5 Å². The minimum absolute atomic E-state index is 0.196. The fraction of sp³-hybridized carbons (Fsp3) is 0.476. The number of phenols is 1. The van der Waals surface area contributed by atoms with E-state index in [9.17, 15) is 9.90 Å². The Kier molecular flexibility index (Phi) is 3.71. The number of para-hydroxylation sites is 1. The molecule has 8 heteroatoms. The summed E-state index contributed by atoms with van der Waals surface area (Å²) in [6.07, 6.45) is 0. The topological polar surface area (TPSA) is 93.6 Å². The van der Waals surface area contributed by atoms with E-state index in [1.807, 2.05) is 18.2 Å². The number of rotatable bonds is 2. The maximum absolute atomic E-state index is 13.0. The van der Waals surface area contributed by atoms with Gasteiger partial charge >= 0.3 is 0 Å². The first kappa shape index (κ1) is 17.0. The van der Waals surface area contributed by atoms with Crippen LogP contribution >= 0.6 is 0 Å². The summed E-state index contributed by atoms with van der Waals surface area (Å²) in [5.41, 5.74) is 2.32. The predicted molar refractivity (Wildman–Crippen MR) is 109 cm³/mol. The average molecular weight is 392 g/mol. The lowest BCUT2D eigenvalue weighted by Gasteiger charge is -2.46. The van der Waals surface area contributed by atoms with Gasteiger partial charge in [-0.25, -0.2) is 0 Å². The fourth-order valence-corrected chi connectivity index (χ4v) is 5.31. The van der Waals surface area contributed by atoms with Crippen molar-refractivity contribution in [2.45, 2.75) is 6.04 Å². The predicted octanol–water partition coefficient (Wildman–Crippen LogP) is 0.757. The number of phenolic OH excluding ortho intramolecular Hbond substituents is 1. The Morgan fingerprint density at radius 1 is 1.10 bits per heavy atom. The molecule has 4 heterocycles. The number of amides is 1. The highest BCUT2D eigenvalue weighted by Gasteiger charge is 2.58. The van der Waals surface area contributed by atoms with Crippen molar-refractivity contribution < 1.29 is 9.90 Å². The summed E-state index contributed by atoms with van der Waals surface area (Å²) in [6, 6.07) is 9.39. The van der Waals surface area contributed by atoms with Gasteiger partial charge in [0.15, 0.2) is 5.82 Å². The van der Waals surface area contributed by atoms with Gasteiger partial charge in [0, 0.05) is 37.7 Å². The summed E-state index contributed by atoms with van der Waals surface area (Å²) in [5, 5.41) is 25.6. The lowest BCUT2D eigenvalue weighted by atomic mass is 10.0. The van der Waals surface area contributed by atoms with E-state index < -0.39 is 0 Å². The quantitative estimate of drug-likeness (QED) is 0.695. The van der Waals surface area contributed by atoms with Crippen LogP contribution in [0.5, 0.6) is 5.75 Å². The van der Waals surface area contributed by atoms with Crippen LogP contribution in [-0.2, 0) is 4.79 Å². The fourth-order valence-electron chi connectivity index (χ4n) is 5.31. The molecule has 1 saturated carbocycles. The zero-order valence-corrected chi connectivity index (χ0v) is 16.1. The molecule has 8 nitrogen and oxygen atoms in total. The van der Waals surface area contributed by atoms with Crippen LogP contribution in [0.3, 0.4) is 0 Å². The second-order valence-corrected chi connectivity index (χ2v) is 8.50. The van der Waals surface area contributed by atoms with Crippen LogP contribution in [0.15, 0.2) is 30.3 Å². The van der Waals surface area contributed by atoms with Crippen molar-refractivity contribution in [3.63, 3.8) is 0 Å². The first-order valence-corrected chi connectivity index (χ1v) is 10.4. The Morgan fingerprint density at radius 2 is 1.93 bits per heavy atom. The number of anilines is 2. The molecule has 4 atom stereocenters. The molecule has 1 aromatic carbocycles. The van der Waals surface area contributed by atoms with Gasteiger partial charge in [-0.05, 0) is 43.1 Å². The summed E-state index contributed by atoms with van der Waals surface area (Å²) in [6.45, 7) is 5.01. The highest BCUT2D eigenvalue weighted by Crippen LogP contribution is 2.49. The molecule has 3 fully saturated rings. The second kappa shape index (κ2) is 6.32. The third-order valence-corrected chi connectivity index (χ3v) is 6.94. The molecular formula is C21H24N6O2. The van der Waals surface area contributed by atoms with E-state index in [4.69, 9.17) is 0 Å². The molecule has 0 unspecified atom stereocenters. The largest absolute Gasteiger partial charge is 0.507 e. The van der Waals surface area contributed by atoms with Gasteiger partial charge in [0.25, 0.3) is 0 Å². The number of nitrogens with zero attached hydrogens (tertiary/aromatic N) is 4. The normalized spacial score (nSPS) is 29.5. The highest BCUT2D eigenvalue weighted by atomic mass is 16.3. The third kappa shape index (κ3) is 2.66. The van der Waals surface area contributed by atoms with E-state index >= 15 is 0 Å². The van der Waals surface area contributed by atoms with Crippen LogP contribution in [0, 0.1) is 17.8 Å². The lowest BCUT2D eigenvalue weighted by molar-refractivity contribution is -0.134. The maximum atomic E-state index is 13.0. The number of carbonyl (C=O) groups is 1. The Labute approximate surface area is 168 Å². The average Bonchev–Trinajstić information content (AvgIpc) is 3.23. The minimum atomic E-state index is 0.196. The van der Waals surface area contributed by atoms with Crippen LogP contribution in [0.2, 0.25) is 0 Å². The molecule has 2 saturated heterocycles. The van der Waals surface area contributed by atoms with Gasteiger partial charge in [0.2, 0.25) is 5.91 Å². The summed E-state index contributed by atoms with van der Waals surface area (Å²) in [5.74, 6) is 2.66. The van der Waals surface area contributed by atoms with E-state index in [0.717, 1.165) is 50.8 Å². The summed E-state index contributed by atoms with van der Waals surface area (Å²) in [4.78, 5) is 17.4. The van der Waals surface area contributed by atoms with Crippen LogP contribution in [-0.4, -0.2) is 71.4 Å². The van der Waals surface area contributed by atoms with Crippen LogP contribution in [0.4, 0.5) is 11.5 Å². The van der Waals surface area contributed by atoms with Crippen LogP contribution < -0.4 is 15.5 Å². The highest BCUT2D eigenvalue weighted by molar-refractivity contribution is 5.83. The SMILES string of the molecule is O=C([C@H]1[C@@H]2CNC[C@@H]21)N1CCN2c3cc(-c4ccccc4O)nnc3NC[C@H]2C1. The molecule has 150 valence electrons. The smallest absolute Gasteiger partial charge is 0.226 e. The van der Waals surface area contributed by atoms with Crippen molar-refractivity contribution in [1.82, 2.24) is 20.4 Å². The number of carbonyl (C=O) groups excluding carboxylic acids is 1. The number of benzene rings is 1. The number of hydrogen-bond donors (Lipinski definition) is 3. The van der Waals surface area contributed by atoms with Crippen molar-refractivity contribution in [2.24, 2.45) is 17.8 Å². The molecule has 0 bridgehead atoms. The molecule has 29 heavy (non-hydrogen) atoms. The number of piperidine rings is 1. The zero-order valence-electron chi connectivity index (χ0n) is 16.1. The molecule has 0 spiro atoms.